The van der Waals surface area contributed by atoms with Crippen molar-refractivity contribution in [3.63, 3.8) is 0 Å². The van der Waals surface area contributed by atoms with Gasteiger partial charge in [0.25, 0.3) is 0 Å². The highest BCUT2D eigenvalue weighted by molar-refractivity contribution is 9.10. The van der Waals surface area contributed by atoms with E-state index in [-0.39, 0.29) is 18.1 Å². The van der Waals surface area contributed by atoms with Crippen LogP contribution in [0.3, 0.4) is 0 Å². The molecule has 2 unspecified atom stereocenters. The van der Waals surface area contributed by atoms with E-state index in [4.69, 9.17) is 0 Å². The number of benzene rings is 1. The van der Waals surface area contributed by atoms with Crippen molar-refractivity contribution < 1.29 is 9.90 Å². The number of halogens is 1. The van der Waals surface area contributed by atoms with Gasteiger partial charge in [0.15, 0.2) is 0 Å². The molecule has 2 rings (SSSR count). The van der Waals surface area contributed by atoms with Gasteiger partial charge >= 0.3 is 6.03 Å². The van der Waals surface area contributed by atoms with Crippen molar-refractivity contribution in [2.75, 3.05) is 18.4 Å². The number of aryl methyl sites for hydroxylation is 1. The average Bonchev–Trinajstić information content (AvgIpc) is 2.43. The van der Waals surface area contributed by atoms with Gasteiger partial charge in [0.2, 0.25) is 0 Å². The maximum absolute atomic E-state index is 12.3. The van der Waals surface area contributed by atoms with Crippen LogP contribution in [0.25, 0.3) is 0 Å². The predicted octanol–water partition coefficient (Wildman–Crippen LogP) is 3.38. The molecule has 1 aromatic carbocycles. The molecule has 1 saturated heterocycles. The fourth-order valence-electron chi connectivity index (χ4n) is 2.52. The van der Waals surface area contributed by atoms with Crippen molar-refractivity contribution in [2.45, 2.75) is 32.8 Å². The fourth-order valence-corrected chi connectivity index (χ4v) is 2.86. The summed E-state index contributed by atoms with van der Waals surface area (Å²) in [6, 6.07) is 5.77. The number of nitrogens with one attached hydrogen (secondary N) is 1. The summed E-state index contributed by atoms with van der Waals surface area (Å²) >= 11 is 3.44. The van der Waals surface area contributed by atoms with Gasteiger partial charge in [-0.15, -0.1) is 0 Å². The Hall–Kier alpha value is -1.07. The van der Waals surface area contributed by atoms with Crippen molar-refractivity contribution in [1.29, 1.82) is 0 Å². The largest absolute Gasteiger partial charge is 0.393 e. The Balaban J connectivity index is 2.02. The Kier molecular flexibility index (Phi) is 5.05. The Labute approximate surface area is 128 Å². The number of nitrogens with zero attached hydrogens (tertiary/aromatic N) is 1. The van der Waals surface area contributed by atoms with E-state index in [9.17, 15) is 9.90 Å². The van der Waals surface area contributed by atoms with E-state index in [1.165, 1.54) is 0 Å². The molecule has 0 bridgehead atoms. The lowest BCUT2D eigenvalue weighted by atomic mass is 9.94. The van der Waals surface area contributed by atoms with Crippen molar-refractivity contribution in [1.82, 2.24) is 4.90 Å². The van der Waals surface area contributed by atoms with Gasteiger partial charge in [0.1, 0.15) is 0 Å². The minimum absolute atomic E-state index is 0.0957. The average molecular weight is 341 g/mol. The van der Waals surface area contributed by atoms with E-state index in [1.54, 1.807) is 11.8 Å². The number of carbonyl (C=O) groups is 1. The molecule has 0 spiro atoms. The molecule has 110 valence electrons. The summed E-state index contributed by atoms with van der Waals surface area (Å²) in [5.41, 5.74) is 1.89. The van der Waals surface area contributed by atoms with Crippen LogP contribution in [0.1, 0.15) is 25.3 Å². The smallest absolute Gasteiger partial charge is 0.321 e. The lowest BCUT2D eigenvalue weighted by Crippen LogP contribution is -2.44. The zero-order chi connectivity index (χ0) is 14.7. The molecule has 0 aromatic heterocycles. The van der Waals surface area contributed by atoms with Crippen molar-refractivity contribution >= 4 is 27.6 Å². The second kappa shape index (κ2) is 6.59. The van der Waals surface area contributed by atoms with E-state index in [2.05, 4.69) is 21.2 Å². The maximum atomic E-state index is 12.3. The second-order valence-corrected chi connectivity index (χ2v) is 6.36. The third-order valence-electron chi connectivity index (χ3n) is 3.79. The van der Waals surface area contributed by atoms with Crippen LogP contribution in [0.2, 0.25) is 0 Å². The number of amides is 2. The molecule has 20 heavy (non-hydrogen) atoms. The van der Waals surface area contributed by atoms with Gasteiger partial charge in [-0.3, -0.25) is 0 Å². The van der Waals surface area contributed by atoms with Crippen LogP contribution in [-0.2, 0) is 0 Å². The van der Waals surface area contributed by atoms with Crippen LogP contribution >= 0.6 is 15.9 Å². The predicted molar refractivity (Wildman–Crippen MR) is 83.9 cm³/mol. The zero-order valence-corrected chi connectivity index (χ0v) is 13.5. The molecule has 4 nitrogen and oxygen atoms in total. The Morgan fingerprint density at radius 2 is 2.30 bits per heavy atom. The number of aliphatic hydroxyl groups excluding tert-OH is 1. The molecular weight excluding hydrogens is 320 g/mol. The number of hydrogen-bond donors (Lipinski definition) is 2. The molecule has 1 aromatic rings. The summed E-state index contributed by atoms with van der Waals surface area (Å²) in [6.45, 7) is 5.15. The molecule has 1 fully saturated rings. The van der Waals surface area contributed by atoms with Crippen LogP contribution in [0.4, 0.5) is 10.5 Å². The quantitative estimate of drug-likeness (QED) is 0.866. The molecule has 2 N–H and O–H groups in total. The number of carbonyl (C=O) groups excluding carboxylic acids is 1. The Bertz CT molecular complexity index is 491. The fraction of sp³-hybridized carbons (Fsp3) is 0.533. The van der Waals surface area contributed by atoms with Gasteiger partial charge in [-0.25, -0.2) is 4.79 Å². The van der Waals surface area contributed by atoms with Gasteiger partial charge in [0.05, 0.1) is 11.8 Å². The lowest BCUT2D eigenvalue weighted by molar-refractivity contribution is 0.0766. The third kappa shape index (κ3) is 3.73. The van der Waals surface area contributed by atoms with Crippen molar-refractivity contribution in [3.05, 3.63) is 28.2 Å². The number of piperidine rings is 1. The summed E-state index contributed by atoms with van der Waals surface area (Å²) in [5, 5.41) is 12.6. The highest BCUT2D eigenvalue weighted by atomic mass is 79.9. The zero-order valence-electron chi connectivity index (χ0n) is 11.9. The summed E-state index contributed by atoms with van der Waals surface area (Å²) in [4.78, 5) is 14.1. The second-order valence-electron chi connectivity index (χ2n) is 5.50. The molecule has 1 aliphatic heterocycles. The van der Waals surface area contributed by atoms with Crippen LogP contribution in [0.5, 0.6) is 0 Å². The third-order valence-corrected chi connectivity index (χ3v) is 4.48. The summed E-state index contributed by atoms with van der Waals surface area (Å²) in [6.07, 6.45) is 1.56. The first-order valence-corrected chi connectivity index (χ1v) is 7.77. The minimum atomic E-state index is -0.365. The molecule has 5 heteroatoms. The monoisotopic (exact) mass is 340 g/mol. The Morgan fingerprint density at radius 3 is 3.00 bits per heavy atom. The number of likely N-dealkylation sites (tertiary alicyclic amines) is 1. The van der Waals surface area contributed by atoms with Crippen LogP contribution < -0.4 is 5.32 Å². The highest BCUT2D eigenvalue weighted by Gasteiger charge is 2.26. The van der Waals surface area contributed by atoms with Crippen molar-refractivity contribution in [3.8, 4) is 0 Å². The topological polar surface area (TPSA) is 52.6 Å². The van der Waals surface area contributed by atoms with E-state index in [0.29, 0.717) is 6.54 Å². The summed E-state index contributed by atoms with van der Waals surface area (Å²) in [7, 11) is 0. The SMILES string of the molecule is Cc1ccc(Br)c(NC(=O)N2CCCC(C(C)O)C2)c1. The van der Waals surface area contributed by atoms with E-state index < -0.39 is 0 Å². The van der Waals surface area contributed by atoms with E-state index >= 15 is 0 Å². The number of hydrogen-bond acceptors (Lipinski definition) is 2. The van der Waals surface area contributed by atoms with Crippen molar-refractivity contribution in [2.24, 2.45) is 5.92 Å². The molecular formula is C15H21BrN2O2. The van der Waals surface area contributed by atoms with Gasteiger partial charge in [-0.2, -0.15) is 0 Å². The van der Waals surface area contributed by atoms with Gasteiger partial charge in [-0.1, -0.05) is 6.07 Å². The lowest BCUT2D eigenvalue weighted by Gasteiger charge is -2.34. The van der Waals surface area contributed by atoms with Crippen LogP contribution in [0, 0.1) is 12.8 Å². The van der Waals surface area contributed by atoms with Gasteiger partial charge in [0, 0.05) is 23.5 Å². The molecule has 2 atom stereocenters. The van der Waals surface area contributed by atoms with E-state index in [0.717, 1.165) is 35.1 Å². The molecule has 1 heterocycles. The number of rotatable bonds is 2. The molecule has 0 aliphatic carbocycles. The normalized spacial score (nSPS) is 20.6. The highest BCUT2D eigenvalue weighted by Crippen LogP contribution is 2.25. The molecule has 0 saturated carbocycles. The minimum Gasteiger partial charge on any atom is -0.393 e. The number of aliphatic hydroxyl groups is 1. The van der Waals surface area contributed by atoms with Crippen LogP contribution in [-0.4, -0.2) is 35.2 Å². The molecule has 0 radical (unpaired) electrons. The van der Waals surface area contributed by atoms with Gasteiger partial charge < -0.3 is 15.3 Å². The number of anilines is 1. The Morgan fingerprint density at radius 1 is 1.55 bits per heavy atom. The number of urea groups is 1. The first kappa shape index (κ1) is 15.3. The molecule has 2 amide bonds. The van der Waals surface area contributed by atoms with Crippen LogP contribution in [0.15, 0.2) is 22.7 Å². The maximum Gasteiger partial charge on any atom is 0.321 e. The van der Waals surface area contributed by atoms with Gasteiger partial charge in [-0.05, 0) is 60.3 Å². The first-order chi connectivity index (χ1) is 9.47. The molecule has 1 aliphatic rings. The van der Waals surface area contributed by atoms with E-state index in [1.807, 2.05) is 25.1 Å². The standard InChI is InChI=1S/C15H21BrN2O2/c1-10-5-6-13(16)14(8-10)17-15(20)18-7-3-4-12(9-18)11(2)19/h5-6,8,11-12,19H,3-4,7,9H2,1-2H3,(H,17,20). The summed E-state index contributed by atoms with van der Waals surface area (Å²) in [5.74, 6) is 0.176. The first-order valence-electron chi connectivity index (χ1n) is 6.97. The summed E-state index contributed by atoms with van der Waals surface area (Å²) < 4.78 is 0.875.